The Morgan fingerprint density at radius 1 is 1.03 bits per heavy atom. The average Bonchev–Trinajstić information content (AvgIpc) is 3.39. The molecule has 3 aromatic heterocycles. The highest BCUT2D eigenvalue weighted by Crippen LogP contribution is 2.35. The van der Waals surface area contributed by atoms with Gasteiger partial charge in [-0.3, -0.25) is 4.98 Å². The second-order valence-electron chi connectivity index (χ2n) is 6.84. The van der Waals surface area contributed by atoms with Crippen molar-refractivity contribution in [1.82, 2.24) is 19.7 Å². The maximum atomic E-state index is 11.3. The second kappa shape index (κ2) is 7.20. The molecule has 5 aromatic rings. The third-order valence-electron chi connectivity index (χ3n) is 4.93. The van der Waals surface area contributed by atoms with Crippen LogP contribution >= 0.6 is 11.3 Å². The molecule has 5 rings (SSSR count). The fourth-order valence-corrected chi connectivity index (χ4v) is 4.26. The van der Waals surface area contributed by atoms with Gasteiger partial charge in [-0.05, 0) is 19.1 Å². The van der Waals surface area contributed by atoms with Gasteiger partial charge in [0.25, 0.3) is 0 Å². The number of para-hydroxylation sites is 1. The maximum Gasteiger partial charge on any atom is 0.355 e. The predicted octanol–water partition coefficient (Wildman–Crippen LogP) is 5.22. The molecule has 2 aromatic carbocycles. The molecule has 30 heavy (non-hydrogen) atoms. The fraction of sp³-hybridized carbons (Fsp3) is 0.0435. The fourth-order valence-electron chi connectivity index (χ4n) is 3.50. The number of aromatic carboxylic acids is 1. The molecule has 0 unspecified atom stereocenters. The van der Waals surface area contributed by atoms with Gasteiger partial charge in [-0.1, -0.05) is 48.5 Å². The molecule has 1 N–H and O–H groups in total. The van der Waals surface area contributed by atoms with E-state index in [1.54, 1.807) is 4.68 Å². The second-order valence-corrected chi connectivity index (χ2v) is 7.67. The van der Waals surface area contributed by atoms with Gasteiger partial charge in [-0.2, -0.15) is 5.10 Å². The van der Waals surface area contributed by atoms with E-state index in [9.17, 15) is 9.90 Å². The molecule has 0 fully saturated rings. The number of aromatic nitrogens is 4. The van der Waals surface area contributed by atoms with Crippen LogP contribution in [0.3, 0.4) is 0 Å². The molecule has 0 saturated heterocycles. The van der Waals surface area contributed by atoms with Gasteiger partial charge in [0, 0.05) is 33.7 Å². The lowest BCUT2D eigenvalue weighted by Gasteiger charge is -2.07. The van der Waals surface area contributed by atoms with Crippen molar-refractivity contribution in [2.75, 3.05) is 0 Å². The van der Waals surface area contributed by atoms with E-state index in [0.29, 0.717) is 5.13 Å². The molecule has 0 bridgehead atoms. The van der Waals surface area contributed by atoms with Crippen LogP contribution in [0.2, 0.25) is 0 Å². The van der Waals surface area contributed by atoms with E-state index in [1.165, 1.54) is 16.7 Å². The van der Waals surface area contributed by atoms with E-state index in [2.05, 4.69) is 16.0 Å². The lowest BCUT2D eigenvalue weighted by Crippen LogP contribution is -2.02. The Morgan fingerprint density at radius 3 is 2.57 bits per heavy atom. The Bertz CT molecular complexity index is 1390. The molecule has 3 heterocycles. The molecule has 0 aliphatic heterocycles. The molecule has 6 nitrogen and oxygen atoms in total. The van der Waals surface area contributed by atoms with E-state index in [0.717, 1.165) is 39.0 Å². The number of carbonyl (C=O) groups is 1. The highest BCUT2D eigenvalue weighted by Gasteiger charge is 2.21. The van der Waals surface area contributed by atoms with Crippen LogP contribution in [0.25, 0.3) is 38.5 Å². The number of rotatable bonds is 4. The SMILES string of the molecule is Cc1c(-c2ccccc2)nn(-c2nc(C(=O)O)cs2)c1-c1cnc2ccccc2c1. The summed E-state index contributed by atoms with van der Waals surface area (Å²) in [5, 5.41) is 17.2. The molecule has 7 heteroatoms. The van der Waals surface area contributed by atoms with Crippen molar-refractivity contribution in [2.45, 2.75) is 6.92 Å². The maximum absolute atomic E-state index is 11.3. The number of nitrogens with zero attached hydrogens (tertiary/aromatic N) is 4. The summed E-state index contributed by atoms with van der Waals surface area (Å²) in [4.78, 5) is 20.2. The molecule has 0 aliphatic rings. The number of carboxylic acids is 1. The van der Waals surface area contributed by atoms with Crippen molar-refractivity contribution < 1.29 is 9.90 Å². The van der Waals surface area contributed by atoms with Gasteiger partial charge in [-0.25, -0.2) is 14.5 Å². The van der Waals surface area contributed by atoms with Crippen LogP contribution in [-0.4, -0.2) is 30.8 Å². The summed E-state index contributed by atoms with van der Waals surface area (Å²) in [6.45, 7) is 2.02. The Kier molecular flexibility index (Phi) is 4.37. The minimum atomic E-state index is -1.06. The van der Waals surface area contributed by atoms with Gasteiger partial charge >= 0.3 is 5.97 Å². The Hall–Kier alpha value is -3.84. The standard InChI is InChI=1S/C23H16N4O2S/c1-14-20(15-7-3-2-4-8-15)26-27(23-25-19(13-30-23)22(28)29)21(14)17-11-16-9-5-6-10-18(16)24-12-17/h2-13H,1H3,(H,28,29). The van der Waals surface area contributed by atoms with Crippen molar-refractivity contribution >= 4 is 28.2 Å². The van der Waals surface area contributed by atoms with Crippen molar-refractivity contribution in [2.24, 2.45) is 0 Å². The van der Waals surface area contributed by atoms with Crippen molar-refractivity contribution in [3.05, 3.63) is 83.5 Å². The molecular formula is C23H16N4O2S. The Labute approximate surface area is 176 Å². The first kappa shape index (κ1) is 18.2. The smallest absolute Gasteiger partial charge is 0.355 e. The summed E-state index contributed by atoms with van der Waals surface area (Å²) in [6.07, 6.45) is 1.82. The number of fused-ring (bicyclic) bond motifs is 1. The topological polar surface area (TPSA) is 80.9 Å². The predicted molar refractivity (Wildman–Crippen MR) is 117 cm³/mol. The third-order valence-corrected chi connectivity index (χ3v) is 5.74. The molecule has 0 radical (unpaired) electrons. The monoisotopic (exact) mass is 412 g/mol. The lowest BCUT2D eigenvalue weighted by molar-refractivity contribution is 0.0691. The number of hydrogen-bond acceptors (Lipinski definition) is 5. The zero-order valence-electron chi connectivity index (χ0n) is 16.0. The van der Waals surface area contributed by atoms with Gasteiger partial charge in [0.15, 0.2) is 5.69 Å². The molecule has 146 valence electrons. The number of hydrogen-bond donors (Lipinski definition) is 1. The van der Waals surface area contributed by atoms with E-state index >= 15 is 0 Å². The Balaban J connectivity index is 1.76. The van der Waals surface area contributed by atoms with Gasteiger partial charge in [-0.15, -0.1) is 11.3 Å². The zero-order chi connectivity index (χ0) is 20.7. The van der Waals surface area contributed by atoms with Crippen LogP contribution in [-0.2, 0) is 0 Å². The summed E-state index contributed by atoms with van der Waals surface area (Å²) >= 11 is 1.25. The van der Waals surface area contributed by atoms with Crippen LogP contribution in [0.15, 0.2) is 72.2 Å². The van der Waals surface area contributed by atoms with Gasteiger partial charge < -0.3 is 5.11 Å². The lowest BCUT2D eigenvalue weighted by atomic mass is 10.0. The summed E-state index contributed by atoms with van der Waals surface area (Å²) in [7, 11) is 0. The van der Waals surface area contributed by atoms with Crippen LogP contribution in [0, 0.1) is 6.92 Å². The van der Waals surface area contributed by atoms with Crippen LogP contribution in [0.4, 0.5) is 0 Å². The number of pyridine rings is 1. The number of carboxylic acid groups (broad SMARTS) is 1. The van der Waals surface area contributed by atoms with Crippen molar-refractivity contribution in [3.63, 3.8) is 0 Å². The highest BCUT2D eigenvalue weighted by molar-refractivity contribution is 7.12. The minimum absolute atomic E-state index is 0.00648. The van der Waals surface area contributed by atoms with Gasteiger partial charge in [0.2, 0.25) is 5.13 Å². The van der Waals surface area contributed by atoms with E-state index < -0.39 is 5.97 Å². The van der Waals surface area contributed by atoms with E-state index in [-0.39, 0.29) is 5.69 Å². The minimum Gasteiger partial charge on any atom is -0.476 e. The van der Waals surface area contributed by atoms with Crippen molar-refractivity contribution in [1.29, 1.82) is 0 Å². The largest absolute Gasteiger partial charge is 0.476 e. The molecule has 0 atom stereocenters. The first-order valence-electron chi connectivity index (χ1n) is 9.31. The van der Waals surface area contributed by atoms with Gasteiger partial charge in [0.05, 0.1) is 16.9 Å². The highest BCUT2D eigenvalue weighted by atomic mass is 32.1. The van der Waals surface area contributed by atoms with Crippen LogP contribution in [0.5, 0.6) is 0 Å². The number of benzene rings is 2. The number of thiazole rings is 1. The molecule has 0 amide bonds. The summed E-state index contributed by atoms with van der Waals surface area (Å²) in [5.41, 5.74) is 5.45. The summed E-state index contributed by atoms with van der Waals surface area (Å²) < 4.78 is 1.72. The van der Waals surface area contributed by atoms with E-state index in [4.69, 9.17) is 5.10 Å². The molecule has 0 saturated carbocycles. The average molecular weight is 412 g/mol. The van der Waals surface area contributed by atoms with Crippen LogP contribution < -0.4 is 0 Å². The van der Waals surface area contributed by atoms with E-state index in [1.807, 2.05) is 67.7 Å². The summed E-state index contributed by atoms with van der Waals surface area (Å²) in [5.74, 6) is -1.06. The normalized spacial score (nSPS) is 11.1. The first-order valence-corrected chi connectivity index (χ1v) is 10.2. The molecular weight excluding hydrogens is 396 g/mol. The van der Waals surface area contributed by atoms with Gasteiger partial charge in [0.1, 0.15) is 0 Å². The zero-order valence-corrected chi connectivity index (χ0v) is 16.8. The Morgan fingerprint density at radius 2 is 1.80 bits per heavy atom. The first-order chi connectivity index (χ1) is 14.6. The van der Waals surface area contributed by atoms with Crippen molar-refractivity contribution in [3.8, 4) is 27.6 Å². The quantitative estimate of drug-likeness (QED) is 0.438. The van der Waals surface area contributed by atoms with Crippen LogP contribution in [0.1, 0.15) is 16.1 Å². The summed E-state index contributed by atoms with van der Waals surface area (Å²) in [6, 6.07) is 19.9. The third kappa shape index (κ3) is 3.05. The molecule has 0 aliphatic carbocycles. The molecule has 0 spiro atoms.